The standard InChI is InChI=1S/C18H19ClN4O4S/c1-4-15(18(24)27-3)23(13-8-6-5-7-9-13)28(25,26)14-10-20-17-16(19)12(2)21-22(17)11-14/h5-11,15H,4H2,1-3H3. The van der Waals surface area contributed by atoms with E-state index in [1.54, 1.807) is 44.2 Å². The first kappa shape index (κ1) is 20.1. The van der Waals surface area contributed by atoms with E-state index in [0.717, 1.165) is 4.31 Å². The van der Waals surface area contributed by atoms with Gasteiger partial charge in [-0.2, -0.15) is 5.10 Å². The van der Waals surface area contributed by atoms with Gasteiger partial charge in [0, 0.05) is 0 Å². The van der Waals surface area contributed by atoms with Crippen LogP contribution in [-0.4, -0.2) is 42.1 Å². The Morgan fingerprint density at radius 2 is 2.00 bits per heavy atom. The minimum Gasteiger partial charge on any atom is -0.467 e. The third-order valence-corrected chi connectivity index (χ3v) is 6.50. The van der Waals surface area contributed by atoms with Crippen LogP contribution in [0.15, 0.2) is 47.6 Å². The molecule has 0 aliphatic carbocycles. The Labute approximate surface area is 167 Å². The van der Waals surface area contributed by atoms with Gasteiger partial charge in [-0.1, -0.05) is 36.7 Å². The number of fused-ring (bicyclic) bond motifs is 1. The summed E-state index contributed by atoms with van der Waals surface area (Å²) in [4.78, 5) is 16.3. The Balaban J connectivity index is 2.19. The lowest BCUT2D eigenvalue weighted by Gasteiger charge is -2.30. The van der Waals surface area contributed by atoms with Gasteiger partial charge in [-0.15, -0.1) is 0 Å². The maximum atomic E-state index is 13.5. The summed E-state index contributed by atoms with van der Waals surface area (Å²) in [7, 11) is -2.92. The fraction of sp³-hybridized carbons (Fsp3) is 0.278. The second kappa shape index (κ2) is 7.76. The molecular weight excluding hydrogens is 404 g/mol. The first-order chi connectivity index (χ1) is 13.3. The van der Waals surface area contributed by atoms with E-state index in [1.165, 1.54) is 24.0 Å². The van der Waals surface area contributed by atoms with Crippen LogP contribution in [0.3, 0.4) is 0 Å². The van der Waals surface area contributed by atoms with Gasteiger partial charge in [0.05, 0.1) is 30.9 Å². The van der Waals surface area contributed by atoms with Crippen LogP contribution in [0.1, 0.15) is 19.0 Å². The largest absolute Gasteiger partial charge is 0.467 e. The molecule has 0 saturated heterocycles. The highest BCUT2D eigenvalue weighted by Gasteiger charge is 2.36. The van der Waals surface area contributed by atoms with Gasteiger partial charge < -0.3 is 4.74 Å². The maximum Gasteiger partial charge on any atom is 0.329 e. The Hall–Kier alpha value is -2.65. The summed E-state index contributed by atoms with van der Waals surface area (Å²) in [6.07, 6.45) is 2.76. The minimum absolute atomic E-state index is 0.120. The van der Waals surface area contributed by atoms with Crippen molar-refractivity contribution in [1.82, 2.24) is 14.6 Å². The predicted octanol–water partition coefficient (Wildman–Crippen LogP) is 2.84. The van der Waals surface area contributed by atoms with Gasteiger partial charge in [0.15, 0.2) is 5.65 Å². The molecule has 10 heteroatoms. The number of hydrogen-bond acceptors (Lipinski definition) is 6. The lowest BCUT2D eigenvalue weighted by molar-refractivity contribution is -0.142. The summed E-state index contributed by atoms with van der Waals surface area (Å²) in [6, 6.07) is 7.35. The lowest BCUT2D eigenvalue weighted by atomic mass is 10.2. The van der Waals surface area contributed by atoms with Crippen LogP contribution in [0.2, 0.25) is 5.02 Å². The van der Waals surface area contributed by atoms with Crippen molar-refractivity contribution in [2.24, 2.45) is 0 Å². The van der Waals surface area contributed by atoms with Crippen molar-refractivity contribution in [2.75, 3.05) is 11.4 Å². The third-order valence-electron chi connectivity index (χ3n) is 4.26. The molecule has 0 amide bonds. The van der Waals surface area contributed by atoms with Crippen LogP contribution < -0.4 is 4.31 Å². The monoisotopic (exact) mass is 422 g/mol. The molecule has 0 N–H and O–H groups in total. The van der Waals surface area contributed by atoms with E-state index in [4.69, 9.17) is 16.3 Å². The molecule has 0 radical (unpaired) electrons. The molecule has 28 heavy (non-hydrogen) atoms. The smallest absolute Gasteiger partial charge is 0.329 e. The zero-order chi connectivity index (χ0) is 20.5. The average Bonchev–Trinajstić information content (AvgIpc) is 2.99. The average molecular weight is 423 g/mol. The number of ether oxygens (including phenoxy) is 1. The van der Waals surface area contributed by atoms with Crippen molar-refractivity contribution in [3.8, 4) is 0 Å². The van der Waals surface area contributed by atoms with E-state index in [0.29, 0.717) is 22.1 Å². The van der Waals surface area contributed by atoms with E-state index < -0.39 is 22.0 Å². The molecule has 1 atom stereocenters. The summed E-state index contributed by atoms with van der Waals surface area (Å²) >= 11 is 6.13. The highest BCUT2D eigenvalue weighted by atomic mass is 35.5. The molecule has 8 nitrogen and oxygen atoms in total. The fourth-order valence-corrected chi connectivity index (χ4v) is 4.66. The maximum absolute atomic E-state index is 13.5. The Morgan fingerprint density at radius 1 is 1.32 bits per heavy atom. The zero-order valence-electron chi connectivity index (χ0n) is 15.5. The molecule has 0 bridgehead atoms. The number of methoxy groups -OCH3 is 1. The Bertz CT molecular complexity index is 1120. The molecular formula is C18H19ClN4O4S. The number of aryl methyl sites for hydroxylation is 1. The van der Waals surface area contributed by atoms with Gasteiger partial charge in [-0.05, 0) is 25.5 Å². The van der Waals surface area contributed by atoms with Crippen LogP contribution in [0.4, 0.5) is 5.69 Å². The van der Waals surface area contributed by atoms with Gasteiger partial charge in [0.2, 0.25) is 0 Å². The quantitative estimate of drug-likeness (QED) is 0.567. The number of anilines is 1. The molecule has 1 aromatic carbocycles. The number of halogens is 1. The van der Waals surface area contributed by atoms with Crippen molar-refractivity contribution in [2.45, 2.75) is 31.2 Å². The number of para-hydroxylation sites is 1. The molecule has 0 aliphatic heterocycles. The number of rotatable bonds is 6. The van der Waals surface area contributed by atoms with Gasteiger partial charge >= 0.3 is 5.97 Å². The number of hydrogen-bond donors (Lipinski definition) is 0. The summed E-state index contributed by atoms with van der Waals surface area (Å²) < 4.78 is 34.2. The first-order valence-electron chi connectivity index (χ1n) is 8.49. The molecule has 3 aromatic rings. The molecule has 2 aromatic heterocycles. The summed E-state index contributed by atoms with van der Waals surface area (Å²) in [5.41, 5.74) is 1.23. The number of sulfonamides is 1. The van der Waals surface area contributed by atoms with Gasteiger partial charge in [-0.25, -0.2) is 22.7 Å². The number of benzene rings is 1. The lowest BCUT2D eigenvalue weighted by Crippen LogP contribution is -2.45. The Kier molecular flexibility index (Phi) is 5.57. The van der Waals surface area contributed by atoms with Gasteiger partial charge in [0.25, 0.3) is 10.0 Å². The van der Waals surface area contributed by atoms with E-state index in [2.05, 4.69) is 10.1 Å². The van der Waals surface area contributed by atoms with Crippen LogP contribution >= 0.6 is 11.6 Å². The van der Waals surface area contributed by atoms with Gasteiger partial charge in [-0.3, -0.25) is 4.31 Å². The van der Waals surface area contributed by atoms with Crippen LogP contribution in [0.5, 0.6) is 0 Å². The van der Waals surface area contributed by atoms with E-state index in [9.17, 15) is 13.2 Å². The van der Waals surface area contributed by atoms with Crippen LogP contribution in [0, 0.1) is 6.92 Å². The number of nitrogens with zero attached hydrogens (tertiary/aromatic N) is 4. The fourth-order valence-electron chi connectivity index (χ4n) is 2.87. The number of carbonyl (C=O) groups is 1. The molecule has 148 valence electrons. The minimum atomic E-state index is -4.15. The van der Waals surface area contributed by atoms with Crippen molar-refractivity contribution in [1.29, 1.82) is 0 Å². The van der Waals surface area contributed by atoms with Crippen molar-refractivity contribution < 1.29 is 17.9 Å². The predicted molar refractivity (Wildman–Crippen MR) is 105 cm³/mol. The normalized spacial score (nSPS) is 12.7. The first-order valence-corrected chi connectivity index (χ1v) is 10.3. The molecule has 1 unspecified atom stereocenters. The van der Waals surface area contributed by atoms with Crippen molar-refractivity contribution in [3.05, 3.63) is 53.4 Å². The van der Waals surface area contributed by atoms with Crippen LogP contribution in [0.25, 0.3) is 5.65 Å². The number of aromatic nitrogens is 3. The third kappa shape index (κ3) is 3.43. The topological polar surface area (TPSA) is 93.9 Å². The highest BCUT2D eigenvalue weighted by molar-refractivity contribution is 7.92. The zero-order valence-corrected chi connectivity index (χ0v) is 17.1. The highest BCUT2D eigenvalue weighted by Crippen LogP contribution is 2.28. The SMILES string of the molecule is CCC(C(=O)OC)N(c1ccccc1)S(=O)(=O)c1cnc2c(Cl)c(C)nn2c1. The van der Waals surface area contributed by atoms with Gasteiger partial charge in [0.1, 0.15) is 16.0 Å². The number of carbonyl (C=O) groups excluding carboxylic acids is 1. The summed E-state index contributed by atoms with van der Waals surface area (Å²) in [5.74, 6) is -0.651. The summed E-state index contributed by atoms with van der Waals surface area (Å²) in [6.45, 7) is 3.41. The molecule has 0 saturated carbocycles. The van der Waals surface area contributed by atoms with Crippen molar-refractivity contribution >= 4 is 38.9 Å². The van der Waals surface area contributed by atoms with Crippen LogP contribution in [-0.2, 0) is 19.6 Å². The van der Waals surface area contributed by atoms with E-state index in [1.807, 2.05) is 0 Å². The molecule has 3 rings (SSSR count). The molecule has 0 spiro atoms. The molecule has 0 fully saturated rings. The number of esters is 1. The molecule has 0 aliphatic rings. The summed E-state index contributed by atoms with van der Waals surface area (Å²) in [5, 5.41) is 4.53. The second-order valence-corrected chi connectivity index (χ2v) is 8.23. The molecule has 2 heterocycles. The van der Waals surface area contributed by atoms with E-state index in [-0.39, 0.29) is 11.3 Å². The second-order valence-electron chi connectivity index (χ2n) is 6.04. The van der Waals surface area contributed by atoms with Crippen molar-refractivity contribution in [3.63, 3.8) is 0 Å². The van der Waals surface area contributed by atoms with E-state index >= 15 is 0 Å². The Morgan fingerprint density at radius 3 is 2.61 bits per heavy atom.